The summed E-state index contributed by atoms with van der Waals surface area (Å²) in [4.78, 5) is 15.7. The number of aromatic nitrogens is 3. The third-order valence-electron chi connectivity index (χ3n) is 1.97. The SMILES string of the molecule is CC(S)n1ncc2cnccc2c1=O. The fraction of sp³-hybridized carbons (Fsp3) is 0.222. The average molecular weight is 207 g/mol. The third kappa shape index (κ3) is 1.39. The van der Waals surface area contributed by atoms with Crippen LogP contribution in [-0.4, -0.2) is 14.8 Å². The topological polar surface area (TPSA) is 47.8 Å². The first-order valence-corrected chi connectivity index (χ1v) is 4.71. The third-order valence-corrected chi connectivity index (χ3v) is 2.18. The summed E-state index contributed by atoms with van der Waals surface area (Å²) >= 11 is 4.17. The molecule has 14 heavy (non-hydrogen) atoms. The highest BCUT2D eigenvalue weighted by molar-refractivity contribution is 7.80. The van der Waals surface area contributed by atoms with E-state index in [1.807, 2.05) is 0 Å². The minimum Gasteiger partial charge on any atom is -0.267 e. The minimum atomic E-state index is -0.222. The second-order valence-electron chi connectivity index (χ2n) is 2.99. The van der Waals surface area contributed by atoms with E-state index in [2.05, 4.69) is 22.7 Å². The van der Waals surface area contributed by atoms with Gasteiger partial charge in [-0.05, 0) is 13.0 Å². The van der Waals surface area contributed by atoms with Crippen LogP contribution < -0.4 is 5.56 Å². The molecule has 0 radical (unpaired) electrons. The van der Waals surface area contributed by atoms with Crippen molar-refractivity contribution in [1.29, 1.82) is 0 Å². The highest BCUT2D eigenvalue weighted by Crippen LogP contribution is 2.09. The first kappa shape index (κ1) is 9.21. The van der Waals surface area contributed by atoms with Crippen LogP contribution in [-0.2, 0) is 0 Å². The van der Waals surface area contributed by atoms with Gasteiger partial charge in [-0.1, -0.05) is 0 Å². The van der Waals surface area contributed by atoms with Crippen molar-refractivity contribution in [2.45, 2.75) is 12.3 Å². The zero-order valence-electron chi connectivity index (χ0n) is 7.58. The van der Waals surface area contributed by atoms with Crippen molar-refractivity contribution in [2.75, 3.05) is 0 Å². The fourth-order valence-electron chi connectivity index (χ4n) is 1.27. The predicted octanol–water partition coefficient (Wildman–Crippen LogP) is 1.24. The second-order valence-corrected chi connectivity index (χ2v) is 3.74. The summed E-state index contributed by atoms with van der Waals surface area (Å²) in [6.07, 6.45) is 4.84. The lowest BCUT2D eigenvalue weighted by atomic mass is 10.2. The Kier molecular flexibility index (Phi) is 2.25. The average Bonchev–Trinajstić information content (AvgIpc) is 2.18. The summed E-state index contributed by atoms with van der Waals surface area (Å²) in [5, 5.41) is 5.15. The summed E-state index contributed by atoms with van der Waals surface area (Å²) in [5.41, 5.74) is -0.132. The maximum absolute atomic E-state index is 11.8. The zero-order chi connectivity index (χ0) is 10.1. The van der Waals surface area contributed by atoms with E-state index in [9.17, 15) is 4.79 Å². The van der Waals surface area contributed by atoms with Gasteiger partial charge in [-0.25, -0.2) is 4.68 Å². The van der Waals surface area contributed by atoms with Crippen LogP contribution in [0.3, 0.4) is 0 Å². The number of fused-ring (bicyclic) bond motifs is 1. The van der Waals surface area contributed by atoms with E-state index < -0.39 is 0 Å². The molecule has 2 aromatic rings. The Hall–Kier alpha value is -1.36. The molecule has 0 bridgehead atoms. The van der Waals surface area contributed by atoms with Gasteiger partial charge in [-0.15, -0.1) is 0 Å². The molecule has 0 spiro atoms. The Balaban J connectivity index is 2.82. The van der Waals surface area contributed by atoms with Crippen LogP contribution in [0, 0.1) is 0 Å². The fourth-order valence-corrected chi connectivity index (χ4v) is 1.44. The molecule has 0 aliphatic heterocycles. The number of hydrogen-bond donors (Lipinski definition) is 1. The number of nitrogens with zero attached hydrogens (tertiary/aromatic N) is 3. The highest BCUT2D eigenvalue weighted by atomic mass is 32.1. The van der Waals surface area contributed by atoms with Crippen LogP contribution in [0.15, 0.2) is 29.5 Å². The van der Waals surface area contributed by atoms with Gasteiger partial charge in [0.05, 0.1) is 17.0 Å². The molecule has 1 atom stereocenters. The van der Waals surface area contributed by atoms with Gasteiger partial charge in [0.15, 0.2) is 0 Å². The summed E-state index contributed by atoms with van der Waals surface area (Å²) in [6, 6.07) is 1.69. The minimum absolute atomic E-state index is 0.132. The van der Waals surface area contributed by atoms with E-state index >= 15 is 0 Å². The quantitative estimate of drug-likeness (QED) is 0.716. The van der Waals surface area contributed by atoms with Crippen molar-refractivity contribution in [3.05, 3.63) is 35.0 Å². The first-order chi connectivity index (χ1) is 6.70. The molecule has 0 aromatic carbocycles. The normalized spacial score (nSPS) is 13.0. The Morgan fingerprint density at radius 1 is 1.50 bits per heavy atom. The Morgan fingerprint density at radius 2 is 2.29 bits per heavy atom. The molecule has 5 heteroatoms. The Morgan fingerprint density at radius 3 is 3.00 bits per heavy atom. The standard InChI is InChI=1S/C9H9N3OS/c1-6(14)12-9(13)8-2-3-10-4-7(8)5-11-12/h2-6,14H,1H3. The van der Waals surface area contributed by atoms with E-state index in [0.717, 1.165) is 5.39 Å². The molecule has 0 fully saturated rings. The molecular weight excluding hydrogens is 198 g/mol. The van der Waals surface area contributed by atoms with Gasteiger partial charge in [0.2, 0.25) is 0 Å². The molecule has 0 amide bonds. The van der Waals surface area contributed by atoms with Gasteiger partial charge in [0.1, 0.15) is 0 Å². The van der Waals surface area contributed by atoms with Gasteiger partial charge in [0.25, 0.3) is 5.56 Å². The van der Waals surface area contributed by atoms with Crippen LogP contribution in [0.4, 0.5) is 0 Å². The lowest BCUT2D eigenvalue weighted by Crippen LogP contribution is -2.23. The first-order valence-electron chi connectivity index (χ1n) is 4.20. The van der Waals surface area contributed by atoms with Crippen molar-refractivity contribution in [3.63, 3.8) is 0 Å². The maximum Gasteiger partial charge on any atom is 0.275 e. The second kappa shape index (κ2) is 3.42. The summed E-state index contributed by atoms with van der Waals surface area (Å²) in [7, 11) is 0. The summed E-state index contributed by atoms with van der Waals surface area (Å²) in [6.45, 7) is 1.80. The van der Waals surface area contributed by atoms with E-state index in [-0.39, 0.29) is 10.9 Å². The van der Waals surface area contributed by atoms with Crippen molar-refractivity contribution in [1.82, 2.24) is 14.8 Å². The van der Waals surface area contributed by atoms with Crippen molar-refractivity contribution < 1.29 is 0 Å². The predicted molar refractivity (Wildman–Crippen MR) is 57.5 cm³/mol. The van der Waals surface area contributed by atoms with E-state index in [4.69, 9.17) is 0 Å². The molecule has 2 aromatic heterocycles. The monoisotopic (exact) mass is 207 g/mol. The molecule has 2 rings (SSSR count). The van der Waals surface area contributed by atoms with Crippen LogP contribution in [0.25, 0.3) is 10.8 Å². The maximum atomic E-state index is 11.8. The largest absolute Gasteiger partial charge is 0.275 e. The summed E-state index contributed by atoms with van der Waals surface area (Å²) < 4.78 is 1.34. The molecule has 2 heterocycles. The van der Waals surface area contributed by atoms with E-state index in [0.29, 0.717) is 5.39 Å². The molecule has 0 aliphatic rings. The molecular formula is C9H9N3OS. The molecule has 0 saturated carbocycles. The molecule has 72 valence electrons. The highest BCUT2D eigenvalue weighted by Gasteiger charge is 2.06. The van der Waals surface area contributed by atoms with Crippen LogP contribution in [0.1, 0.15) is 12.3 Å². The Labute approximate surface area is 86.0 Å². The molecule has 0 N–H and O–H groups in total. The number of hydrogen-bond acceptors (Lipinski definition) is 4. The van der Waals surface area contributed by atoms with Gasteiger partial charge in [-0.2, -0.15) is 17.7 Å². The van der Waals surface area contributed by atoms with E-state index in [1.54, 1.807) is 31.6 Å². The zero-order valence-corrected chi connectivity index (χ0v) is 8.48. The van der Waals surface area contributed by atoms with Gasteiger partial charge in [-0.3, -0.25) is 9.78 Å². The van der Waals surface area contributed by atoms with Crippen molar-refractivity contribution >= 4 is 23.4 Å². The number of thiol groups is 1. The molecule has 0 saturated heterocycles. The van der Waals surface area contributed by atoms with Crippen LogP contribution >= 0.6 is 12.6 Å². The molecule has 1 unspecified atom stereocenters. The van der Waals surface area contributed by atoms with E-state index in [1.165, 1.54) is 4.68 Å². The van der Waals surface area contributed by atoms with Crippen molar-refractivity contribution in [3.8, 4) is 0 Å². The van der Waals surface area contributed by atoms with Crippen LogP contribution in [0.2, 0.25) is 0 Å². The number of rotatable bonds is 1. The van der Waals surface area contributed by atoms with Gasteiger partial charge in [0, 0.05) is 17.8 Å². The lowest BCUT2D eigenvalue weighted by molar-refractivity contribution is 0.611. The van der Waals surface area contributed by atoms with Crippen LogP contribution in [0.5, 0.6) is 0 Å². The van der Waals surface area contributed by atoms with Crippen molar-refractivity contribution in [2.24, 2.45) is 0 Å². The smallest absolute Gasteiger partial charge is 0.267 e. The van der Waals surface area contributed by atoms with Gasteiger partial charge >= 0.3 is 0 Å². The molecule has 4 nitrogen and oxygen atoms in total. The number of pyridine rings is 1. The van der Waals surface area contributed by atoms with Gasteiger partial charge < -0.3 is 0 Å². The molecule has 0 aliphatic carbocycles. The summed E-state index contributed by atoms with van der Waals surface area (Å²) in [5.74, 6) is 0. The Bertz CT molecular complexity index is 521. The lowest BCUT2D eigenvalue weighted by Gasteiger charge is -2.07.